The zero-order chi connectivity index (χ0) is 15.8. The molecular formula is C13H18FN3O3S. The number of carbonyl (C=O) groups excluding carboxylic acids is 1. The number of nitrogen functional groups attached to an aromatic ring is 1. The molecule has 1 aromatic rings. The van der Waals surface area contributed by atoms with Gasteiger partial charge in [0.1, 0.15) is 11.9 Å². The molecule has 0 radical (unpaired) electrons. The fourth-order valence-corrected chi connectivity index (χ4v) is 4.45. The lowest BCUT2D eigenvalue weighted by atomic mass is 10.2. The summed E-state index contributed by atoms with van der Waals surface area (Å²) in [6.45, 7) is 1.61. The van der Waals surface area contributed by atoms with E-state index < -0.39 is 21.9 Å². The highest BCUT2D eigenvalue weighted by Gasteiger charge is 2.40. The number of sulfonamides is 1. The number of hydrogen-bond donors (Lipinski definition) is 2. The maximum atomic E-state index is 13.7. The number of benzene rings is 1. The molecule has 0 spiro atoms. The van der Waals surface area contributed by atoms with Crippen molar-refractivity contribution in [1.82, 2.24) is 9.62 Å². The minimum Gasteiger partial charge on any atom is -0.399 e. The number of carbonyl (C=O) groups is 1. The molecule has 6 nitrogen and oxygen atoms in total. The molecule has 1 aliphatic rings. The molecule has 21 heavy (non-hydrogen) atoms. The number of anilines is 1. The minimum absolute atomic E-state index is 0.00626. The maximum absolute atomic E-state index is 13.7. The van der Waals surface area contributed by atoms with Crippen LogP contribution >= 0.6 is 0 Å². The van der Waals surface area contributed by atoms with Crippen LogP contribution in [-0.2, 0) is 14.8 Å². The molecule has 3 N–H and O–H groups in total. The molecule has 1 saturated heterocycles. The molecule has 0 aromatic heterocycles. The maximum Gasteiger partial charge on any atom is 0.244 e. The molecule has 0 saturated carbocycles. The second kappa shape index (κ2) is 5.61. The normalized spacial score (nSPS) is 19.7. The van der Waals surface area contributed by atoms with E-state index in [1.165, 1.54) is 20.0 Å². The Labute approximate surface area is 123 Å². The van der Waals surface area contributed by atoms with E-state index in [1.807, 2.05) is 0 Å². The van der Waals surface area contributed by atoms with E-state index in [1.54, 1.807) is 0 Å². The molecule has 1 fully saturated rings. The van der Waals surface area contributed by atoms with Gasteiger partial charge in [-0.3, -0.25) is 4.79 Å². The third kappa shape index (κ3) is 2.73. The quantitative estimate of drug-likeness (QED) is 0.800. The first-order valence-electron chi connectivity index (χ1n) is 6.58. The molecule has 1 unspecified atom stereocenters. The Kier molecular flexibility index (Phi) is 4.20. The Morgan fingerprint density at radius 3 is 2.76 bits per heavy atom. The van der Waals surface area contributed by atoms with Gasteiger partial charge in [0.25, 0.3) is 0 Å². The summed E-state index contributed by atoms with van der Waals surface area (Å²) < 4.78 is 40.3. The van der Waals surface area contributed by atoms with Crippen molar-refractivity contribution in [3.8, 4) is 0 Å². The van der Waals surface area contributed by atoms with E-state index >= 15 is 0 Å². The molecule has 1 heterocycles. The molecule has 1 amide bonds. The number of hydrogen-bond acceptors (Lipinski definition) is 4. The number of nitrogens with one attached hydrogen (secondary N) is 1. The van der Waals surface area contributed by atoms with Gasteiger partial charge in [-0.15, -0.1) is 0 Å². The van der Waals surface area contributed by atoms with Gasteiger partial charge in [-0.25, -0.2) is 12.8 Å². The minimum atomic E-state index is -3.97. The third-order valence-corrected chi connectivity index (χ3v) is 5.69. The highest BCUT2D eigenvalue weighted by molar-refractivity contribution is 7.89. The van der Waals surface area contributed by atoms with Crippen molar-refractivity contribution in [2.45, 2.75) is 30.7 Å². The molecule has 1 aliphatic heterocycles. The average molecular weight is 315 g/mol. The van der Waals surface area contributed by atoms with Gasteiger partial charge in [-0.1, -0.05) is 0 Å². The van der Waals surface area contributed by atoms with Crippen molar-refractivity contribution in [3.63, 3.8) is 0 Å². The highest BCUT2D eigenvalue weighted by atomic mass is 32.2. The first-order valence-corrected chi connectivity index (χ1v) is 8.02. The molecule has 2 rings (SSSR count). The molecule has 1 aromatic carbocycles. The molecule has 8 heteroatoms. The van der Waals surface area contributed by atoms with E-state index in [0.29, 0.717) is 12.8 Å². The Morgan fingerprint density at radius 2 is 2.14 bits per heavy atom. The van der Waals surface area contributed by atoms with Gasteiger partial charge in [0.05, 0.1) is 4.90 Å². The number of rotatable bonds is 3. The van der Waals surface area contributed by atoms with E-state index in [2.05, 4.69) is 5.32 Å². The Morgan fingerprint density at radius 1 is 1.48 bits per heavy atom. The smallest absolute Gasteiger partial charge is 0.244 e. The van der Waals surface area contributed by atoms with Crippen molar-refractivity contribution in [2.75, 3.05) is 19.3 Å². The van der Waals surface area contributed by atoms with Crippen LogP contribution in [0.25, 0.3) is 0 Å². The lowest BCUT2D eigenvalue weighted by Crippen LogP contribution is -2.45. The van der Waals surface area contributed by atoms with Crippen LogP contribution in [0.5, 0.6) is 0 Å². The van der Waals surface area contributed by atoms with Crippen LogP contribution in [0.3, 0.4) is 0 Å². The number of halogens is 1. The van der Waals surface area contributed by atoms with E-state index in [4.69, 9.17) is 5.73 Å². The summed E-state index contributed by atoms with van der Waals surface area (Å²) in [4.78, 5) is 11.6. The van der Waals surface area contributed by atoms with Crippen molar-refractivity contribution in [1.29, 1.82) is 0 Å². The number of likely N-dealkylation sites (N-methyl/N-ethyl adjacent to an activating group) is 1. The number of nitrogens with two attached hydrogens (primary N) is 1. The van der Waals surface area contributed by atoms with Gasteiger partial charge in [-0.2, -0.15) is 4.31 Å². The van der Waals surface area contributed by atoms with Gasteiger partial charge >= 0.3 is 0 Å². The SMILES string of the molecule is CNC(=O)C1CCCN1S(=O)(=O)c1cc(N)cc(F)c1C. The van der Waals surface area contributed by atoms with E-state index in [9.17, 15) is 17.6 Å². The first-order chi connectivity index (χ1) is 9.78. The van der Waals surface area contributed by atoms with Crippen LogP contribution in [0, 0.1) is 12.7 Å². The molecule has 0 aliphatic carbocycles. The Bertz CT molecular complexity index is 675. The van der Waals surface area contributed by atoms with Gasteiger partial charge in [-0.05, 0) is 31.9 Å². The average Bonchev–Trinajstić information content (AvgIpc) is 2.91. The summed E-state index contributed by atoms with van der Waals surface area (Å²) >= 11 is 0. The summed E-state index contributed by atoms with van der Waals surface area (Å²) in [6.07, 6.45) is 1.03. The zero-order valence-corrected chi connectivity index (χ0v) is 12.7. The number of amides is 1. The predicted octanol–water partition coefficient (Wildman–Crippen LogP) is 0.615. The Balaban J connectivity index is 2.50. The summed E-state index contributed by atoms with van der Waals surface area (Å²) in [7, 11) is -2.51. The summed E-state index contributed by atoms with van der Waals surface area (Å²) in [5.74, 6) is -1.04. The first kappa shape index (κ1) is 15.7. The fourth-order valence-electron chi connectivity index (χ4n) is 2.52. The fraction of sp³-hybridized carbons (Fsp3) is 0.462. The second-order valence-corrected chi connectivity index (χ2v) is 6.87. The van der Waals surface area contributed by atoms with Gasteiger partial charge in [0.2, 0.25) is 15.9 Å². The van der Waals surface area contributed by atoms with Gasteiger partial charge in [0.15, 0.2) is 0 Å². The summed E-state index contributed by atoms with van der Waals surface area (Å²) in [5, 5.41) is 2.45. The van der Waals surface area contributed by atoms with Crippen molar-refractivity contribution in [3.05, 3.63) is 23.5 Å². The van der Waals surface area contributed by atoms with Gasteiger partial charge < -0.3 is 11.1 Å². The van der Waals surface area contributed by atoms with Gasteiger partial charge in [0, 0.05) is 24.8 Å². The standard InChI is InChI=1S/C13H18FN3O3S/c1-8-10(14)6-9(15)7-12(8)21(19,20)17-5-3-4-11(17)13(18)16-2/h6-7,11H,3-5,15H2,1-2H3,(H,16,18). The molecule has 116 valence electrons. The largest absolute Gasteiger partial charge is 0.399 e. The van der Waals surface area contributed by atoms with Crippen molar-refractivity contribution >= 4 is 21.6 Å². The Hall–Kier alpha value is -1.67. The highest BCUT2D eigenvalue weighted by Crippen LogP contribution is 2.30. The second-order valence-electron chi connectivity index (χ2n) is 5.01. The summed E-state index contributed by atoms with van der Waals surface area (Å²) in [6, 6.07) is 1.55. The van der Waals surface area contributed by atoms with E-state index in [-0.39, 0.29) is 28.6 Å². The van der Waals surface area contributed by atoms with Crippen LogP contribution < -0.4 is 11.1 Å². The third-order valence-electron chi connectivity index (χ3n) is 3.66. The molecule has 1 atom stereocenters. The van der Waals surface area contributed by atoms with E-state index in [0.717, 1.165) is 10.4 Å². The zero-order valence-electron chi connectivity index (χ0n) is 11.9. The van der Waals surface area contributed by atoms with Crippen LogP contribution in [0.4, 0.5) is 10.1 Å². The van der Waals surface area contributed by atoms with Crippen LogP contribution in [-0.4, -0.2) is 38.3 Å². The predicted molar refractivity (Wildman–Crippen MR) is 76.5 cm³/mol. The molecule has 0 bridgehead atoms. The lowest BCUT2D eigenvalue weighted by molar-refractivity contribution is -0.123. The van der Waals surface area contributed by atoms with Crippen molar-refractivity contribution < 1.29 is 17.6 Å². The molecular weight excluding hydrogens is 297 g/mol. The van der Waals surface area contributed by atoms with Crippen LogP contribution in [0.2, 0.25) is 0 Å². The van der Waals surface area contributed by atoms with Crippen LogP contribution in [0.1, 0.15) is 18.4 Å². The topological polar surface area (TPSA) is 92.5 Å². The lowest BCUT2D eigenvalue weighted by Gasteiger charge is -2.23. The monoisotopic (exact) mass is 315 g/mol. The van der Waals surface area contributed by atoms with Crippen LogP contribution in [0.15, 0.2) is 17.0 Å². The van der Waals surface area contributed by atoms with Crippen molar-refractivity contribution in [2.24, 2.45) is 0 Å². The summed E-state index contributed by atoms with van der Waals surface area (Å²) in [5.41, 5.74) is 5.58. The number of nitrogens with zero attached hydrogens (tertiary/aromatic N) is 1.